The van der Waals surface area contributed by atoms with Crippen LogP contribution < -0.4 is 5.32 Å². The van der Waals surface area contributed by atoms with E-state index in [0.717, 1.165) is 0 Å². The molecular weight excluding hydrogens is 224 g/mol. The highest BCUT2D eigenvalue weighted by molar-refractivity contribution is 4.71. The molecule has 0 aliphatic heterocycles. The Kier molecular flexibility index (Phi) is 5.41. The average Bonchev–Trinajstić information content (AvgIpc) is 1.96. The van der Waals surface area contributed by atoms with Gasteiger partial charge in [-0.15, -0.1) is 0 Å². The van der Waals surface area contributed by atoms with Crippen molar-refractivity contribution in [2.75, 3.05) is 6.54 Å². The number of hydrogen-bond donors (Lipinski definition) is 1. The molecule has 0 saturated carbocycles. The Bertz CT molecular complexity index is 173. The molecule has 0 aliphatic carbocycles. The van der Waals surface area contributed by atoms with Gasteiger partial charge in [0.1, 0.15) is 0 Å². The zero-order chi connectivity index (χ0) is 12.1. The smallest absolute Gasteiger partial charge is 0.314 e. The molecule has 1 atom stereocenters. The summed E-state index contributed by atoms with van der Waals surface area (Å²) >= 11 is 0. The van der Waals surface area contributed by atoms with E-state index in [4.69, 9.17) is 0 Å². The van der Waals surface area contributed by atoms with Gasteiger partial charge in [0.05, 0.1) is 6.42 Å². The highest BCUT2D eigenvalue weighted by atomic mass is 19.4. The van der Waals surface area contributed by atoms with Gasteiger partial charge in [0.15, 0.2) is 0 Å². The minimum absolute atomic E-state index is 0.221. The Balaban J connectivity index is 4.05. The standard InChI is InChI=1S/C8H13F6N/c1-2-15-6(5-8(12,13)14)3-4-7(9,10)11/h6,15H,2-5H2,1H3. The van der Waals surface area contributed by atoms with Gasteiger partial charge >= 0.3 is 12.4 Å². The third-order valence-electron chi connectivity index (χ3n) is 1.75. The van der Waals surface area contributed by atoms with Crippen molar-refractivity contribution < 1.29 is 26.3 Å². The molecule has 7 heteroatoms. The fraction of sp³-hybridized carbons (Fsp3) is 1.00. The molecule has 1 unspecified atom stereocenters. The van der Waals surface area contributed by atoms with Crippen molar-refractivity contribution >= 4 is 0 Å². The summed E-state index contributed by atoms with van der Waals surface area (Å²) in [5.41, 5.74) is 0. The first kappa shape index (κ1) is 14.5. The van der Waals surface area contributed by atoms with Crippen molar-refractivity contribution in [1.82, 2.24) is 5.32 Å². The van der Waals surface area contributed by atoms with E-state index in [9.17, 15) is 26.3 Å². The average molecular weight is 237 g/mol. The molecule has 0 aromatic carbocycles. The van der Waals surface area contributed by atoms with Gasteiger partial charge in [0.25, 0.3) is 0 Å². The van der Waals surface area contributed by atoms with Crippen molar-refractivity contribution in [1.29, 1.82) is 0 Å². The molecular formula is C8H13F6N. The van der Waals surface area contributed by atoms with Crippen LogP contribution in [-0.2, 0) is 0 Å². The number of nitrogens with one attached hydrogen (secondary N) is 1. The minimum Gasteiger partial charge on any atom is -0.314 e. The van der Waals surface area contributed by atoms with Crippen molar-refractivity contribution in [3.05, 3.63) is 0 Å². The molecule has 0 fully saturated rings. The van der Waals surface area contributed by atoms with E-state index in [-0.39, 0.29) is 6.54 Å². The van der Waals surface area contributed by atoms with Gasteiger partial charge in [0.2, 0.25) is 0 Å². The summed E-state index contributed by atoms with van der Waals surface area (Å²) in [5.74, 6) is 0. The zero-order valence-electron chi connectivity index (χ0n) is 8.17. The maximum Gasteiger partial charge on any atom is 0.390 e. The van der Waals surface area contributed by atoms with E-state index >= 15 is 0 Å². The van der Waals surface area contributed by atoms with Gasteiger partial charge in [-0.05, 0) is 13.0 Å². The molecule has 1 N–H and O–H groups in total. The molecule has 0 radical (unpaired) electrons. The van der Waals surface area contributed by atoms with Gasteiger partial charge in [0, 0.05) is 12.5 Å². The largest absolute Gasteiger partial charge is 0.390 e. The fourth-order valence-electron chi connectivity index (χ4n) is 1.18. The van der Waals surface area contributed by atoms with Crippen LogP contribution in [0.4, 0.5) is 26.3 Å². The van der Waals surface area contributed by atoms with Crippen LogP contribution in [0.15, 0.2) is 0 Å². The first-order valence-corrected chi connectivity index (χ1v) is 4.51. The lowest BCUT2D eigenvalue weighted by Gasteiger charge is -2.20. The SMILES string of the molecule is CCNC(CCC(F)(F)F)CC(F)(F)F. The third kappa shape index (κ3) is 9.84. The maximum absolute atomic E-state index is 11.9. The van der Waals surface area contributed by atoms with Crippen molar-refractivity contribution in [3.8, 4) is 0 Å². The van der Waals surface area contributed by atoms with Crippen molar-refractivity contribution in [2.45, 2.75) is 44.6 Å². The molecule has 15 heavy (non-hydrogen) atoms. The molecule has 0 bridgehead atoms. The Labute approximate surface area is 83.8 Å². The summed E-state index contributed by atoms with van der Waals surface area (Å²) in [5, 5.41) is 2.39. The predicted octanol–water partition coefficient (Wildman–Crippen LogP) is 3.26. The summed E-state index contributed by atoms with van der Waals surface area (Å²) in [7, 11) is 0. The lowest BCUT2D eigenvalue weighted by atomic mass is 10.1. The van der Waals surface area contributed by atoms with Crippen molar-refractivity contribution in [2.24, 2.45) is 0 Å². The highest BCUT2D eigenvalue weighted by Gasteiger charge is 2.34. The number of alkyl halides is 6. The number of hydrogen-bond acceptors (Lipinski definition) is 1. The fourth-order valence-corrected chi connectivity index (χ4v) is 1.18. The zero-order valence-corrected chi connectivity index (χ0v) is 8.17. The molecule has 1 nitrogen and oxygen atoms in total. The Morgan fingerprint density at radius 3 is 1.87 bits per heavy atom. The lowest BCUT2D eigenvalue weighted by Crippen LogP contribution is -2.34. The normalized spacial score (nSPS) is 15.4. The van der Waals surface area contributed by atoms with Gasteiger partial charge < -0.3 is 5.32 Å². The van der Waals surface area contributed by atoms with Crippen LogP contribution in [0, 0.1) is 0 Å². The maximum atomic E-state index is 11.9. The lowest BCUT2D eigenvalue weighted by molar-refractivity contribution is -0.151. The second-order valence-corrected chi connectivity index (χ2v) is 3.23. The molecule has 0 aromatic heterocycles. The number of rotatable bonds is 5. The van der Waals surface area contributed by atoms with Gasteiger partial charge in [-0.25, -0.2) is 0 Å². The molecule has 0 aromatic rings. The summed E-state index contributed by atoms with van der Waals surface area (Å²) in [6.45, 7) is 1.77. The van der Waals surface area contributed by atoms with Crippen LogP contribution in [0.2, 0.25) is 0 Å². The third-order valence-corrected chi connectivity index (χ3v) is 1.75. The van der Waals surface area contributed by atoms with Gasteiger partial charge in [-0.1, -0.05) is 6.92 Å². The summed E-state index contributed by atoms with van der Waals surface area (Å²) < 4.78 is 71.1. The van der Waals surface area contributed by atoms with E-state index in [2.05, 4.69) is 5.32 Å². The van der Waals surface area contributed by atoms with Crippen LogP contribution >= 0.6 is 0 Å². The van der Waals surface area contributed by atoms with Crippen LogP contribution in [0.3, 0.4) is 0 Å². The Morgan fingerprint density at radius 1 is 1.00 bits per heavy atom. The second kappa shape index (κ2) is 5.58. The Morgan fingerprint density at radius 2 is 1.53 bits per heavy atom. The topological polar surface area (TPSA) is 12.0 Å². The quantitative estimate of drug-likeness (QED) is 0.723. The van der Waals surface area contributed by atoms with Crippen LogP contribution in [0.25, 0.3) is 0 Å². The van der Waals surface area contributed by atoms with Crippen molar-refractivity contribution in [3.63, 3.8) is 0 Å². The van der Waals surface area contributed by atoms with Crippen LogP contribution in [0.1, 0.15) is 26.2 Å². The van der Waals surface area contributed by atoms with Crippen LogP contribution in [0.5, 0.6) is 0 Å². The predicted molar refractivity (Wildman–Crippen MR) is 43.4 cm³/mol. The summed E-state index contributed by atoms with van der Waals surface area (Å²) in [6.07, 6.45) is -11.8. The molecule has 0 heterocycles. The molecule has 0 saturated heterocycles. The van der Waals surface area contributed by atoms with Gasteiger partial charge in [-0.3, -0.25) is 0 Å². The number of halogens is 6. The highest BCUT2D eigenvalue weighted by Crippen LogP contribution is 2.27. The molecule has 0 spiro atoms. The van der Waals surface area contributed by atoms with E-state index in [1.54, 1.807) is 6.92 Å². The Hall–Kier alpha value is -0.460. The summed E-state index contributed by atoms with van der Waals surface area (Å²) in [6, 6.07) is -1.16. The summed E-state index contributed by atoms with van der Waals surface area (Å²) in [4.78, 5) is 0. The molecule has 0 amide bonds. The van der Waals surface area contributed by atoms with Gasteiger partial charge in [-0.2, -0.15) is 26.3 Å². The molecule has 92 valence electrons. The van der Waals surface area contributed by atoms with E-state index < -0.39 is 37.7 Å². The minimum atomic E-state index is -4.43. The molecule has 0 rings (SSSR count). The van der Waals surface area contributed by atoms with E-state index in [0.29, 0.717) is 0 Å². The second-order valence-electron chi connectivity index (χ2n) is 3.23. The van der Waals surface area contributed by atoms with Crippen LogP contribution in [-0.4, -0.2) is 24.9 Å². The first-order valence-electron chi connectivity index (χ1n) is 4.51. The van der Waals surface area contributed by atoms with E-state index in [1.807, 2.05) is 0 Å². The first-order chi connectivity index (χ1) is 6.64. The van der Waals surface area contributed by atoms with E-state index in [1.165, 1.54) is 0 Å². The molecule has 0 aliphatic rings. The monoisotopic (exact) mass is 237 g/mol.